The van der Waals surface area contributed by atoms with Crippen molar-refractivity contribution in [2.24, 2.45) is 0 Å². The number of nitrogens with one attached hydrogen (secondary N) is 1. The fourth-order valence-corrected chi connectivity index (χ4v) is 3.21. The largest absolute Gasteiger partial charge is 0.376 e. The second kappa shape index (κ2) is 8.40. The van der Waals surface area contributed by atoms with E-state index in [1.54, 1.807) is 17.0 Å². The Morgan fingerprint density at radius 2 is 1.96 bits per heavy atom. The van der Waals surface area contributed by atoms with Crippen molar-refractivity contribution in [3.05, 3.63) is 35.6 Å². The van der Waals surface area contributed by atoms with Crippen molar-refractivity contribution in [2.75, 3.05) is 45.9 Å². The van der Waals surface area contributed by atoms with Crippen LogP contribution in [0.4, 0.5) is 4.39 Å². The molecule has 0 radical (unpaired) electrons. The van der Waals surface area contributed by atoms with Crippen molar-refractivity contribution < 1.29 is 18.7 Å². The maximum absolute atomic E-state index is 13.7. The Balaban J connectivity index is 1.41. The van der Waals surface area contributed by atoms with E-state index < -0.39 is 5.82 Å². The number of benzene rings is 1. The van der Waals surface area contributed by atoms with Crippen LogP contribution in [0.25, 0.3) is 0 Å². The molecule has 2 aliphatic heterocycles. The lowest BCUT2D eigenvalue weighted by atomic mass is 10.1. The molecule has 2 aliphatic rings. The second-order valence-corrected chi connectivity index (χ2v) is 6.49. The van der Waals surface area contributed by atoms with E-state index in [0.717, 1.165) is 19.4 Å². The zero-order valence-corrected chi connectivity index (χ0v) is 14.2. The summed E-state index contributed by atoms with van der Waals surface area (Å²) in [5, 5.41) is 2.90. The van der Waals surface area contributed by atoms with Gasteiger partial charge >= 0.3 is 0 Å². The smallest absolute Gasteiger partial charge is 0.256 e. The van der Waals surface area contributed by atoms with E-state index in [-0.39, 0.29) is 23.5 Å². The molecule has 0 aliphatic carbocycles. The maximum atomic E-state index is 13.7. The lowest BCUT2D eigenvalue weighted by Gasteiger charge is -2.34. The van der Waals surface area contributed by atoms with Gasteiger partial charge in [0.05, 0.1) is 18.2 Å². The molecule has 1 aromatic carbocycles. The molecule has 0 aromatic heterocycles. The van der Waals surface area contributed by atoms with Crippen molar-refractivity contribution in [3.63, 3.8) is 0 Å². The third kappa shape index (κ3) is 4.76. The lowest BCUT2D eigenvalue weighted by molar-refractivity contribution is -0.123. The minimum absolute atomic E-state index is 0.0237. The van der Waals surface area contributed by atoms with Crippen molar-refractivity contribution in [1.29, 1.82) is 0 Å². The van der Waals surface area contributed by atoms with Crippen molar-refractivity contribution in [1.82, 2.24) is 15.1 Å². The van der Waals surface area contributed by atoms with Crippen molar-refractivity contribution in [2.45, 2.75) is 18.9 Å². The summed E-state index contributed by atoms with van der Waals surface area (Å²) >= 11 is 0. The highest BCUT2D eigenvalue weighted by Crippen LogP contribution is 2.13. The number of halogens is 1. The van der Waals surface area contributed by atoms with Crippen molar-refractivity contribution >= 4 is 11.8 Å². The van der Waals surface area contributed by atoms with E-state index in [1.165, 1.54) is 12.1 Å². The number of amides is 2. The summed E-state index contributed by atoms with van der Waals surface area (Å²) in [6.45, 7) is 3.84. The average molecular weight is 349 g/mol. The van der Waals surface area contributed by atoms with Crippen LogP contribution in [0, 0.1) is 5.82 Å². The first kappa shape index (κ1) is 17.8. The van der Waals surface area contributed by atoms with Gasteiger partial charge in [0, 0.05) is 39.3 Å². The number of hydrogen-bond donors (Lipinski definition) is 1. The third-order valence-corrected chi connectivity index (χ3v) is 4.68. The minimum atomic E-state index is -0.497. The van der Waals surface area contributed by atoms with E-state index in [0.29, 0.717) is 39.3 Å². The maximum Gasteiger partial charge on any atom is 0.256 e. The summed E-state index contributed by atoms with van der Waals surface area (Å²) in [7, 11) is 0. The quantitative estimate of drug-likeness (QED) is 0.857. The van der Waals surface area contributed by atoms with Gasteiger partial charge in [-0.2, -0.15) is 0 Å². The standard InChI is InChI=1S/C18H24FN3O3/c19-16-6-2-1-5-15(16)18(24)22-9-7-21(8-10-22)13-17(23)20-12-14-4-3-11-25-14/h1-2,5-6,14H,3-4,7-13H2,(H,20,23). The van der Waals surface area contributed by atoms with E-state index in [1.807, 2.05) is 4.90 Å². The summed E-state index contributed by atoms with van der Waals surface area (Å²) in [6.07, 6.45) is 2.19. The number of hydrogen-bond acceptors (Lipinski definition) is 4. The first-order valence-corrected chi connectivity index (χ1v) is 8.78. The molecule has 2 fully saturated rings. The monoisotopic (exact) mass is 349 g/mol. The molecule has 136 valence electrons. The molecular weight excluding hydrogens is 325 g/mol. The van der Waals surface area contributed by atoms with Gasteiger partial charge in [-0.15, -0.1) is 0 Å². The summed E-state index contributed by atoms with van der Waals surface area (Å²) in [6, 6.07) is 6.02. The Morgan fingerprint density at radius 3 is 2.64 bits per heavy atom. The summed E-state index contributed by atoms with van der Waals surface area (Å²) in [4.78, 5) is 28.0. The van der Waals surface area contributed by atoms with E-state index in [9.17, 15) is 14.0 Å². The number of piperazine rings is 1. The summed E-state index contributed by atoms with van der Waals surface area (Å²) in [5.74, 6) is -0.812. The van der Waals surface area contributed by atoms with Gasteiger partial charge in [-0.05, 0) is 25.0 Å². The Bertz CT molecular complexity index is 611. The molecule has 2 saturated heterocycles. The Morgan fingerprint density at radius 1 is 1.20 bits per heavy atom. The second-order valence-electron chi connectivity index (χ2n) is 6.49. The topological polar surface area (TPSA) is 61.9 Å². The van der Waals surface area contributed by atoms with Crippen LogP contribution in [0.1, 0.15) is 23.2 Å². The average Bonchev–Trinajstić information content (AvgIpc) is 3.14. The predicted octanol–water partition coefficient (Wildman–Crippen LogP) is 0.879. The number of rotatable bonds is 5. The lowest BCUT2D eigenvalue weighted by Crippen LogP contribution is -2.51. The zero-order chi connectivity index (χ0) is 17.6. The van der Waals surface area contributed by atoms with Crippen LogP contribution < -0.4 is 5.32 Å². The molecule has 0 bridgehead atoms. The summed E-state index contributed by atoms with van der Waals surface area (Å²) < 4.78 is 19.2. The SMILES string of the molecule is O=C(CN1CCN(C(=O)c2ccccc2F)CC1)NCC1CCCO1. The first-order valence-electron chi connectivity index (χ1n) is 8.78. The molecule has 1 aromatic rings. The Hall–Kier alpha value is -1.99. The summed E-state index contributed by atoms with van der Waals surface area (Å²) in [5.41, 5.74) is 0.102. The van der Waals surface area contributed by atoms with Gasteiger partial charge in [-0.1, -0.05) is 12.1 Å². The Labute approximate surface area is 146 Å². The zero-order valence-electron chi connectivity index (χ0n) is 14.2. The highest BCUT2D eigenvalue weighted by atomic mass is 19.1. The van der Waals surface area contributed by atoms with E-state index in [2.05, 4.69) is 5.32 Å². The molecule has 6 nitrogen and oxygen atoms in total. The van der Waals surface area contributed by atoms with Gasteiger partial charge in [-0.3, -0.25) is 14.5 Å². The molecule has 0 spiro atoms. The van der Waals surface area contributed by atoms with Crippen LogP contribution in [0.5, 0.6) is 0 Å². The van der Waals surface area contributed by atoms with Crippen LogP contribution in [0.3, 0.4) is 0 Å². The predicted molar refractivity (Wildman–Crippen MR) is 90.7 cm³/mol. The van der Waals surface area contributed by atoms with E-state index in [4.69, 9.17) is 4.74 Å². The molecule has 25 heavy (non-hydrogen) atoms. The van der Waals surface area contributed by atoms with Gasteiger partial charge in [0.25, 0.3) is 5.91 Å². The fourth-order valence-electron chi connectivity index (χ4n) is 3.21. The van der Waals surface area contributed by atoms with Crippen LogP contribution in [-0.2, 0) is 9.53 Å². The van der Waals surface area contributed by atoms with Gasteiger partial charge < -0.3 is 15.0 Å². The fraction of sp³-hybridized carbons (Fsp3) is 0.556. The van der Waals surface area contributed by atoms with Gasteiger partial charge in [0.1, 0.15) is 5.82 Å². The number of nitrogens with zero attached hydrogens (tertiary/aromatic N) is 2. The molecule has 2 heterocycles. The van der Waals surface area contributed by atoms with E-state index >= 15 is 0 Å². The van der Waals surface area contributed by atoms with Gasteiger partial charge in [-0.25, -0.2) is 4.39 Å². The van der Waals surface area contributed by atoms with Crippen LogP contribution in [-0.4, -0.2) is 73.6 Å². The number of carbonyl (C=O) groups excluding carboxylic acids is 2. The number of carbonyl (C=O) groups is 2. The molecule has 3 rings (SSSR count). The van der Waals surface area contributed by atoms with Crippen molar-refractivity contribution in [3.8, 4) is 0 Å². The third-order valence-electron chi connectivity index (χ3n) is 4.68. The first-order chi connectivity index (χ1) is 12.1. The molecule has 7 heteroatoms. The van der Waals surface area contributed by atoms with Crippen LogP contribution in [0.15, 0.2) is 24.3 Å². The van der Waals surface area contributed by atoms with Crippen LogP contribution in [0.2, 0.25) is 0 Å². The van der Waals surface area contributed by atoms with Gasteiger partial charge in [0.15, 0.2) is 0 Å². The highest BCUT2D eigenvalue weighted by molar-refractivity contribution is 5.94. The molecule has 1 unspecified atom stereocenters. The number of ether oxygens (including phenoxy) is 1. The molecule has 1 N–H and O–H groups in total. The highest BCUT2D eigenvalue weighted by Gasteiger charge is 2.25. The molecule has 1 atom stereocenters. The minimum Gasteiger partial charge on any atom is -0.376 e. The van der Waals surface area contributed by atoms with Crippen LogP contribution >= 0.6 is 0 Å². The van der Waals surface area contributed by atoms with Gasteiger partial charge in [0.2, 0.25) is 5.91 Å². The molecule has 2 amide bonds. The molecular formula is C18H24FN3O3. The molecule has 0 saturated carbocycles. The normalized spacial score (nSPS) is 21.3. The Kier molecular flexibility index (Phi) is 5.99.